The van der Waals surface area contributed by atoms with Gasteiger partial charge in [0.25, 0.3) is 0 Å². The Labute approximate surface area is 130 Å². The van der Waals surface area contributed by atoms with Crippen LogP contribution in [-0.4, -0.2) is 19.6 Å². The molecule has 0 radical (unpaired) electrons. The van der Waals surface area contributed by atoms with E-state index in [-0.39, 0.29) is 6.42 Å². The predicted molar refractivity (Wildman–Crippen MR) is 74.7 cm³/mol. The van der Waals surface area contributed by atoms with Gasteiger partial charge in [-0.2, -0.15) is 13.2 Å². The summed E-state index contributed by atoms with van der Waals surface area (Å²) < 4.78 is 65.3. The molecule has 2 rings (SSSR count). The van der Waals surface area contributed by atoms with Crippen molar-refractivity contribution in [1.29, 1.82) is 0 Å². The average molecular weight is 348 g/mol. The van der Waals surface area contributed by atoms with E-state index in [2.05, 4.69) is 0 Å². The van der Waals surface area contributed by atoms with Crippen LogP contribution in [0.2, 0.25) is 0 Å². The summed E-state index contributed by atoms with van der Waals surface area (Å²) in [7, 11) is -4.35. The Morgan fingerprint density at radius 2 is 1.91 bits per heavy atom. The lowest BCUT2D eigenvalue weighted by Crippen LogP contribution is -2.39. The molecule has 1 aliphatic carbocycles. The molecule has 0 fully saturated rings. The lowest BCUT2D eigenvalue weighted by Gasteiger charge is -2.26. The number of hydrogen-bond acceptors (Lipinski definition) is 4. The van der Waals surface area contributed by atoms with E-state index in [0.717, 1.165) is 18.2 Å². The van der Waals surface area contributed by atoms with Crippen molar-refractivity contribution in [2.75, 3.05) is 4.72 Å². The zero-order valence-electron chi connectivity index (χ0n) is 11.8. The molecule has 0 bridgehead atoms. The summed E-state index contributed by atoms with van der Waals surface area (Å²) in [5.41, 5.74) is -2.20. The number of carbonyl (C=O) groups is 1. The van der Waals surface area contributed by atoms with Gasteiger partial charge in [0.2, 0.25) is 10.0 Å². The summed E-state index contributed by atoms with van der Waals surface area (Å²) in [6.07, 6.45) is -2.70. The fourth-order valence-electron chi connectivity index (χ4n) is 2.43. The maximum Gasteiger partial charge on any atom is 0.418 e. The predicted octanol–water partition coefficient (Wildman–Crippen LogP) is 1.68. The molecule has 5 nitrogen and oxygen atoms in total. The van der Waals surface area contributed by atoms with Gasteiger partial charge in [0.15, 0.2) is 0 Å². The van der Waals surface area contributed by atoms with Crippen LogP contribution in [-0.2, 0) is 21.0 Å². The second kappa shape index (κ2) is 6.23. The zero-order chi connectivity index (χ0) is 17.3. The first-order chi connectivity index (χ1) is 10.6. The van der Waals surface area contributed by atoms with E-state index in [4.69, 9.17) is 0 Å². The molecule has 0 spiro atoms. The molecule has 0 heterocycles. The van der Waals surface area contributed by atoms with Crippen LogP contribution < -0.4 is 9.83 Å². The first-order valence-corrected chi connectivity index (χ1v) is 8.27. The van der Waals surface area contributed by atoms with Crippen molar-refractivity contribution >= 4 is 21.7 Å². The summed E-state index contributed by atoms with van der Waals surface area (Å²) >= 11 is 0. The number of nitrogens with one attached hydrogen (secondary N) is 1. The number of rotatable bonds is 4. The van der Waals surface area contributed by atoms with Crippen molar-refractivity contribution in [3.63, 3.8) is 0 Å². The minimum atomic E-state index is -4.74. The Morgan fingerprint density at radius 1 is 1.26 bits per heavy atom. The van der Waals surface area contributed by atoms with Crippen LogP contribution in [0.1, 0.15) is 24.8 Å². The lowest BCUT2D eigenvalue weighted by atomic mass is 9.99. The number of anilines is 1. The average Bonchev–Trinajstić information content (AvgIpc) is 2.46. The number of halogens is 3. The van der Waals surface area contributed by atoms with Crippen LogP contribution in [0.5, 0.6) is 0 Å². The van der Waals surface area contributed by atoms with Crippen molar-refractivity contribution in [1.82, 2.24) is 0 Å². The lowest BCUT2D eigenvalue weighted by molar-refractivity contribution is -0.299. The van der Waals surface area contributed by atoms with Crippen LogP contribution in [0.3, 0.4) is 0 Å². The number of para-hydroxylation sites is 1. The number of hydrogen-bond donors (Lipinski definition) is 1. The Morgan fingerprint density at radius 3 is 2.52 bits per heavy atom. The molecule has 0 amide bonds. The van der Waals surface area contributed by atoms with Crippen LogP contribution >= 0.6 is 0 Å². The van der Waals surface area contributed by atoms with E-state index in [1.165, 1.54) is 12.1 Å². The van der Waals surface area contributed by atoms with Crippen molar-refractivity contribution in [3.8, 4) is 0 Å². The summed E-state index contributed by atoms with van der Waals surface area (Å²) in [5, 5.41) is 9.60. The van der Waals surface area contributed by atoms with Crippen LogP contribution in [0.15, 0.2) is 35.9 Å². The van der Waals surface area contributed by atoms with Crippen molar-refractivity contribution in [3.05, 3.63) is 41.5 Å². The SMILES string of the molecule is O=C([O-])C1=CCCCC1S(=O)(=O)Nc1ccccc1C(F)(F)F. The Balaban J connectivity index is 2.38. The highest BCUT2D eigenvalue weighted by Crippen LogP contribution is 2.36. The van der Waals surface area contributed by atoms with Gasteiger partial charge in [-0.25, -0.2) is 8.42 Å². The maximum atomic E-state index is 12.9. The van der Waals surface area contributed by atoms with E-state index in [1.54, 1.807) is 0 Å². The Bertz CT molecular complexity index is 741. The van der Waals surface area contributed by atoms with Gasteiger partial charge in [0.05, 0.1) is 17.2 Å². The molecule has 1 unspecified atom stereocenters. The minimum absolute atomic E-state index is 0.00330. The molecule has 0 saturated heterocycles. The maximum absolute atomic E-state index is 12.9. The quantitative estimate of drug-likeness (QED) is 0.897. The zero-order valence-corrected chi connectivity index (χ0v) is 12.6. The molecule has 1 aromatic carbocycles. The molecule has 0 aliphatic heterocycles. The second-order valence-corrected chi connectivity index (χ2v) is 6.92. The van der Waals surface area contributed by atoms with Crippen molar-refractivity contribution in [2.45, 2.75) is 30.7 Å². The van der Waals surface area contributed by atoms with Crippen molar-refractivity contribution < 1.29 is 31.5 Å². The third-order valence-electron chi connectivity index (χ3n) is 3.48. The third kappa shape index (κ3) is 3.84. The first-order valence-electron chi connectivity index (χ1n) is 6.72. The number of allylic oxidation sites excluding steroid dienone is 1. The molecule has 1 aromatic rings. The number of carbonyl (C=O) groups excluding carboxylic acids is 1. The van der Waals surface area contributed by atoms with Gasteiger partial charge in [0.1, 0.15) is 5.25 Å². The highest BCUT2D eigenvalue weighted by molar-refractivity contribution is 7.93. The molecule has 1 aliphatic rings. The monoisotopic (exact) mass is 348 g/mol. The Hall–Kier alpha value is -2.03. The summed E-state index contributed by atoms with van der Waals surface area (Å²) in [6, 6.07) is 4.11. The standard InChI is InChI=1S/C14H14F3NO4S/c15-14(16,17)10-6-2-3-7-11(10)18-23(21,22)12-8-4-1-5-9(12)13(19)20/h2-3,5-7,12,18H,1,4,8H2,(H,19,20)/p-1. The van der Waals surface area contributed by atoms with Gasteiger partial charge in [0, 0.05) is 0 Å². The molecule has 23 heavy (non-hydrogen) atoms. The number of carboxylic acid groups (broad SMARTS) is 1. The highest BCUT2D eigenvalue weighted by atomic mass is 32.2. The van der Waals surface area contributed by atoms with Gasteiger partial charge < -0.3 is 9.90 Å². The summed E-state index contributed by atoms with van der Waals surface area (Å²) in [4.78, 5) is 11.0. The minimum Gasteiger partial charge on any atom is -0.545 e. The number of sulfonamides is 1. The molecule has 0 saturated carbocycles. The molecular formula is C14H13F3NO4S-. The molecule has 1 N–H and O–H groups in total. The molecule has 0 aromatic heterocycles. The second-order valence-electron chi connectivity index (χ2n) is 5.06. The van der Waals surface area contributed by atoms with Gasteiger partial charge in [-0.3, -0.25) is 4.72 Å². The van der Waals surface area contributed by atoms with Crippen LogP contribution in [0, 0.1) is 0 Å². The van der Waals surface area contributed by atoms with Gasteiger partial charge in [-0.1, -0.05) is 18.2 Å². The molecule has 126 valence electrons. The van der Waals surface area contributed by atoms with E-state index < -0.39 is 44.2 Å². The molecular weight excluding hydrogens is 335 g/mol. The molecule has 9 heteroatoms. The largest absolute Gasteiger partial charge is 0.545 e. The van der Waals surface area contributed by atoms with E-state index in [0.29, 0.717) is 12.8 Å². The molecule has 1 atom stereocenters. The summed E-state index contributed by atoms with van der Waals surface area (Å²) in [5.74, 6) is -1.64. The van der Waals surface area contributed by atoms with E-state index in [9.17, 15) is 31.5 Å². The number of alkyl halides is 3. The third-order valence-corrected chi connectivity index (χ3v) is 5.22. The topological polar surface area (TPSA) is 86.3 Å². The summed E-state index contributed by atoms with van der Waals surface area (Å²) in [6.45, 7) is 0. The fraction of sp³-hybridized carbons (Fsp3) is 0.357. The fourth-order valence-corrected chi connectivity index (χ4v) is 4.06. The smallest absolute Gasteiger partial charge is 0.418 e. The number of aliphatic carboxylic acids is 1. The normalized spacial score (nSPS) is 19.1. The van der Waals surface area contributed by atoms with Gasteiger partial charge >= 0.3 is 6.18 Å². The van der Waals surface area contributed by atoms with Crippen LogP contribution in [0.25, 0.3) is 0 Å². The van der Waals surface area contributed by atoms with Crippen molar-refractivity contribution in [2.24, 2.45) is 0 Å². The van der Waals surface area contributed by atoms with E-state index in [1.807, 2.05) is 4.72 Å². The highest BCUT2D eigenvalue weighted by Gasteiger charge is 2.36. The number of carboxylic acids is 1. The van der Waals surface area contributed by atoms with Crippen LogP contribution in [0.4, 0.5) is 18.9 Å². The van der Waals surface area contributed by atoms with Gasteiger partial charge in [-0.05, 0) is 37.0 Å². The first kappa shape index (κ1) is 17.3. The Kier molecular flexibility index (Phi) is 4.69. The van der Waals surface area contributed by atoms with E-state index >= 15 is 0 Å². The number of benzene rings is 1. The van der Waals surface area contributed by atoms with Gasteiger partial charge in [-0.15, -0.1) is 0 Å².